The standard InChI is InChI=1S/C14H18N2O4/c1-18-11-7-13(20-3)12(19-2)6-10(11)8-15-16-14(17)9-4-5-9/h6-9H,4-5H2,1-3H3,(H,16,17)/b15-8-. The number of hydrazone groups is 1. The number of carbonyl (C=O) groups excluding carboxylic acids is 1. The van der Waals surface area contributed by atoms with Crippen molar-refractivity contribution in [1.29, 1.82) is 0 Å². The largest absolute Gasteiger partial charge is 0.496 e. The molecule has 1 fully saturated rings. The molecule has 0 saturated heterocycles. The molecule has 0 aromatic heterocycles. The topological polar surface area (TPSA) is 69.2 Å². The number of amides is 1. The number of nitrogens with one attached hydrogen (secondary N) is 1. The minimum atomic E-state index is -0.0410. The van der Waals surface area contributed by atoms with Gasteiger partial charge in [-0.25, -0.2) is 5.43 Å². The van der Waals surface area contributed by atoms with Gasteiger partial charge < -0.3 is 14.2 Å². The summed E-state index contributed by atoms with van der Waals surface area (Å²) in [7, 11) is 4.67. The third kappa shape index (κ3) is 3.20. The predicted molar refractivity (Wildman–Crippen MR) is 74.6 cm³/mol. The zero-order valence-corrected chi connectivity index (χ0v) is 11.8. The normalized spacial score (nSPS) is 14.2. The van der Waals surface area contributed by atoms with Crippen molar-refractivity contribution in [2.24, 2.45) is 11.0 Å². The van der Waals surface area contributed by atoms with E-state index in [1.807, 2.05) is 0 Å². The molecule has 0 aliphatic heterocycles. The van der Waals surface area contributed by atoms with E-state index in [4.69, 9.17) is 14.2 Å². The number of hydrogen-bond donors (Lipinski definition) is 1. The van der Waals surface area contributed by atoms with Gasteiger partial charge in [0.05, 0.1) is 27.5 Å². The first kappa shape index (κ1) is 14.2. The van der Waals surface area contributed by atoms with Crippen LogP contribution in [0, 0.1) is 5.92 Å². The molecule has 1 saturated carbocycles. The average molecular weight is 278 g/mol. The highest BCUT2D eigenvalue weighted by Gasteiger charge is 2.29. The maximum Gasteiger partial charge on any atom is 0.243 e. The Balaban J connectivity index is 2.16. The third-order valence-electron chi connectivity index (χ3n) is 3.06. The van der Waals surface area contributed by atoms with Crippen LogP contribution in [0.5, 0.6) is 17.2 Å². The van der Waals surface area contributed by atoms with Gasteiger partial charge in [0.1, 0.15) is 5.75 Å². The molecule has 108 valence electrons. The van der Waals surface area contributed by atoms with E-state index < -0.39 is 0 Å². The molecule has 0 radical (unpaired) electrons. The van der Waals surface area contributed by atoms with E-state index in [1.165, 1.54) is 6.21 Å². The molecule has 1 amide bonds. The summed E-state index contributed by atoms with van der Waals surface area (Å²) in [5.74, 6) is 1.82. The van der Waals surface area contributed by atoms with Crippen molar-refractivity contribution in [3.05, 3.63) is 17.7 Å². The van der Waals surface area contributed by atoms with Gasteiger partial charge in [-0.1, -0.05) is 0 Å². The number of ether oxygens (including phenoxy) is 3. The first-order chi connectivity index (χ1) is 9.69. The first-order valence-electron chi connectivity index (χ1n) is 6.32. The van der Waals surface area contributed by atoms with Crippen LogP contribution >= 0.6 is 0 Å². The van der Waals surface area contributed by atoms with Gasteiger partial charge in [-0.3, -0.25) is 4.79 Å². The summed E-state index contributed by atoms with van der Waals surface area (Å²) in [4.78, 5) is 11.5. The van der Waals surface area contributed by atoms with Crippen molar-refractivity contribution in [2.75, 3.05) is 21.3 Å². The lowest BCUT2D eigenvalue weighted by Gasteiger charge is -2.11. The fourth-order valence-electron chi connectivity index (χ4n) is 1.76. The minimum Gasteiger partial charge on any atom is -0.496 e. The Morgan fingerprint density at radius 1 is 1.15 bits per heavy atom. The van der Waals surface area contributed by atoms with Crippen molar-refractivity contribution in [2.45, 2.75) is 12.8 Å². The second-order valence-corrected chi connectivity index (χ2v) is 4.46. The number of methoxy groups -OCH3 is 3. The van der Waals surface area contributed by atoms with Crippen LogP contribution in [-0.4, -0.2) is 33.5 Å². The molecule has 20 heavy (non-hydrogen) atoms. The van der Waals surface area contributed by atoms with Crippen molar-refractivity contribution in [1.82, 2.24) is 5.43 Å². The highest BCUT2D eigenvalue weighted by atomic mass is 16.5. The maximum absolute atomic E-state index is 11.5. The number of rotatable bonds is 6. The van der Waals surface area contributed by atoms with Gasteiger partial charge in [0.15, 0.2) is 11.5 Å². The molecule has 0 spiro atoms. The number of hydrogen-bond acceptors (Lipinski definition) is 5. The lowest BCUT2D eigenvalue weighted by Crippen LogP contribution is -2.19. The van der Waals surface area contributed by atoms with E-state index in [-0.39, 0.29) is 11.8 Å². The summed E-state index contributed by atoms with van der Waals surface area (Å²) < 4.78 is 15.7. The number of carbonyl (C=O) groups is 1. The van der Waals surface area contributed by atoms with Crippen molar-refractivity contribution in [3.8, 4) is 17.2 Å². The van der Waals surface area contributed by atoms with Gasteiger partial charge in [0.25, 0.3) is 0 Å². The molecule has 0 atom stereocenters. The van der Waals surface area contributed by atoms with E-state index >= 15 is 0 Å². The van der Waals surface area contributed by atoms with E-state index in [2.05, 4.69) is 10.5 Å². The summed E-state index contributed by atoms with van der Waals surface area (Å²) in [6.07, 6.45) is 3.42. The third-order valence-corrected chi connectivity index (χ3v) is 3.06. The van der Waals surface area contributed by atoms with E-state index in [9.17, 15) is 4.79 Å². The lowest BCUT2D eigenvalue weighted by atomic mass is 10.2. The summed E-state index contributed by atoms with van der Waals surface area (Å²) in [5.41, 5.74) is 3.21. The lowest BCUT2D eigenvalue weighted by molar-refractivity contribution is -0.122. The highest BCUT2D eigenvalue weighted by molar-refractivity contribution is 5.87. The molecule has 1 aromatic carbocycles. The zero-order chi connectivity index (χ0) is 14.5. The molecule has 1 aromatic rings. The summed E-state index contributed by atoms with van der Waals surface area (Å²) in [6, 6.07) is 3.45. The van der Waals surface area contributed by atoms with Crippen LogP contribution in [0.25, 0.3) is 0 Å². The number of nitrogens with zero attached hydrogens (tertiary/aromatic N) is 1. The Hall–Kier alpha value is -2.24. The van der Waals surface area contributed by atoms with E-state index in [0.717, 1.165) is 12.8 Å². The predicted octanol–water partition coefficient (Wildman–Crippen LogP) is 1.57. The molecule has 6 nitrogen and oxygen atoms in total. The average Bonchev–Trinajstić information content (AvgIpc) is 3.31. The van der Waals surface area contributed by atoms with Gasteiger partial charge in [-0.05, 0) is 18.9 Å². The Morgan fingerprint density at radius 2 is 1.75 bits per heavy atom. The van der Waals surface area contributed by atoms with Crippen molar-refractivity contribution < 1.29 is 19.0 Å². The Bertz CT molecular complexity index is 524. The molecule has 0 bridgehead atoms. The zero-order valence-electron chi connectivity index (χ0n) is 11.8. The monoisotopic (exact) mass is 278 g/mol. The molecule has 0 heterocycles. The first-order valence-corrected chi connectivity index (χ1v) is 6.32. The molecular formula is C14H18N2O4. The maximum atomic E-state index is 11.5. The second-order valence-electron chi connectivity index (χ2n) is 4.46. The molecular weight excluding hydrogens is 260 g/mol. The molecule has 6 heteroatoms. The fraction of sp³-hybridized carbons (Fsp3) is 0.429. The van der Waals surface area contributed by atoms with Gasteiger partial charge in [-0.2, -0.15) is 5.10 Å². The highest BCUT2D eigenvalue weighted by Crippen LogP contribution is 2.33. The Kier molecular flexibility index (Phi) is 4.45. The van der Waals surface area contributed by atoms with Crippen LogP contribution in [0.15, 0.2) is 17.2 Å². The molecule has 2 rings (SSSR count). The van der Waals surface area contributed by atoms with Crippen LogP contribution in [0.3, 0.4) is 0 Å². The fourth-order valence-corrected chi connectivity index (χ4v) is 1.76. The van der Waals surface area contributed by atoms with Gasteiger partial charge >= 0.3 is 0 Å². The van der Waals surface area contributed by atoms with Crippen LogP contribution in [0.1, 0.15) is 18.4 Å². The van der Waals surface area contributed by atoms with Gasteiger partial charge in [0.2, 0.25) is 5.91 Å². The molecule has 1 aliphatic rings. The molecule has 0 unspecified atom stereocenters. The van der Waals surface area contributed by atoms with Gasteiger partial charge in [-0.15, -0.1) is 0 Å². The van der Waals surface area contributed by atoms with Crippen LogP contribution in [0.4, 0.5) is 0 Å². The summed E-state index contributed by atoms with van der Waals surface area (Å²) in [6.45, 7) is 0. The summed E-state index contributed by atoms with van der Waals surface area (Å²) in [5, 5.41) is 3.94. The summed E-state index contributed by atoms with van der Waals surface area (Å²) >= 11 is 0. The van der Waals surface area contributed by atoms with E-state index in [0.29, 0.717) is 22.8 Å². The molecule has 1 N–H and O–H groups in total. The number of benzene rings is 1. The Morgan fingerprint density at radius 3 is 2.30 bits per heavy atom. The second kappa shape index (κ2) is 6.27. The quantitative estimate of drug-likeness (QED) is 0.633. The van der Waals surface area contributed by atoms with Crippen LogP contribution in [0.2, 0.25) is 0 Å². The minimum absolute atomic E-state index is 0.0410. The smallest absolute Gasteiger partial charge is 0.243 e. The van der Waals surface area contributed by atoms with Crippen LogP contribution < -0.4 is 19.6 Å². The molecule has 1 aliphatic carbocycles. The Labute approximate surface area is 117 Å². The van der Waals surface area contributed by atoms with Crippen molar-refractivity contribution >= 4 is 12.1 Å². The van der Waals surface area contributed by atoms with E-state index in [1.54, 1.807) is 33.5 Å². The van der Waals surface area contributed by atoms with Crippen molar-refractivity contribution in [3.63, 3.8) is 0 Å². The SMILES string of the molecule is COc1cc(OC)c(OC)cc1/C=N\NC(=O)C1CC1. The van der Waals surface area contributed by atoms with Crippen LogP contribution in [-0.2, 0) is 4.79 Å². The van der Waals surface area contributed by atoms with Gasteiger partial charge in [0, 0.05) is 17.5 Å².